The number of para-hydroxylation sites is 1. The van der Waals surface area contributed by atoms with Gasteiger partial charge in [-0.1, -0.05) is 12.1 Å². The number of anilines is 3. The van der Waals surface area contributed by atoms with Gasteiger partial charge in [-0.05, 0) is 58.2 Å². The van der Waals surface area contributed by atoms with E-state index in [1.165, 1.54) is 0 Å². The summed E-state index contributed by atoms with van der Waals surface area (Å²) in [6.07, 6.45) is 5.39. The molecular weight excluding hydrogens is 544 g/mol. The lowest BCUT2D eigenvalue weighted by molar-refractivity contribution is -0.117. The SMILES string of the molecule is Cc1cc(C)nc(OC2CCN(CC(=O)Nc3cccc4c(-c5nc(Nc6cc(C)n(C)n6)ncc5C)c[nH]c34)CC2)n1. The molecule has 0 unspecified atom stereocenters. The molecule has 0 bridgehead atoms. The Hall–Kier alpha value is -4.84. The Morgan fingerprint density at radius 1 is 1.07 bits per heavy atom. The number of nitrogens with one attached hydrogen (secondary N) is 3. The molecule has 4 aromatic heterocycles. The molecule has 5 aromatic rings. The van der Waals surface area contributed by atoms with Gasteiger partial charge in [0.05, 0.1) is 23.4 Å². The van der Waals surface area contributed by atoms with E-state index < -0.39 is 0 Å². The summed E-state index contributed by atoms with van der Waals surface area (Å²) in [7, 11) is 1.89. The van der Waals surface area contributed by atoms with Crippen LogP contribution in [0.15, 0.2) is 42.7 Å². The summed E-state index contributed by atoms with van der Waals surface area (Å²) in [5, 5.41) is 11.7. The third-order valence-corrected chi connectivity index (χ3v) is 7.71. The van der Waals surface area contributed by atoms with E-state index in [2.05, 4.69) is 40.6 Å². The standard InChI is InChI=1S/C31H36N10O2/c1-18-15-33-30(37-26-14-21(4)40(5)39-26)38-28(18)24-16-32-29-23(24)7-6-8-25(29)36-27(42)17-41-11-9-22(10-12-41)43-31-34-19(2)13-20(3)35-31/h6-8,13-16,22,32H,9-12,17H2,1-5H3,(H,36,42)(H,33,37,38,39). The van der Waals surface area contributed by atoms with E-state index in [1.807, 2.05) is 71.3 Å². The lowest BCUT2D eigenvalue weighted by Gasteiger charge is -2.31. The topological polar surface area (TPSA) is 139 Å². The minimum absolute atomic E-state index is 0.0423. The molecule has 1 aliphatic rings. The Morgan fingerprint density at radius 2 is 1.84 bits per heavy atom. The predicted octanol–water partition coefficient (Wildman–Crippen LogP) is 4.61. The number of fused-ring (bicyclic) bond motifs is 1. The molecule has 0 atom stereocenters. The van der Waals surface area contributed by atoms with Crippen LogP contribution in [0.4, 0.5) is 17.5 Å². The van der Waals surface area contributed by atoms with Gasteiger partial charge in [-0.3, -0.25) is 14.4 Å². The van der Waals surface area contributed by atoms with E-state index in [-0.39, 0.29) is 12.0 Å². The van der Waals surface area contributed by atoms with Gasteiger partial charge in [0.15, 0.2) is 5.82 Å². The first kappa shape index (κ1) is 28.3. The van der Waals surface area contributed by atoms with Crippen LogP contribution in [0.3, 0.4) is 0 Å². The smallest absolute Gasteiger partial charge is 0.317 e. The van der Waals surface area contributed by atoms with Crippen LogP contribution >= 0.6 is 0 Å². The van der Waals surface area contributed by atoms with E-state index in [1.54, 1.807) is 10.9 Å². The van der Waals surface area contributed by atoms with Crippen molar-refractivity contribution in [2.45, 2.75) is 46.6 Å². The number of H-pyrrole nitrogens is 1. The number of carbonyl (C=O) groups excluding carboxylic acids is 1. The summed E-state index contributed by atoms with van der Waals surface area (Å²) in [5.74, 6) is 1.09. The fraction of sp³-hybridized carbons (Fsp3) is 0.355. The first-order valence-electron chi connectivity index (χ1n) is 14.4. The van der Waals surface area contributed by atoms with Crippen LogP contribution in [0.5, 0.6) is 6.01 Å². The molecule has 43 heavy (non-hydrogen) atoms. The second-order valence-electron chi connectivity index (χ2n) is 11.2. The Morgan fingerprint density at radius 3 is 2.56 bits per heavy atom. The molecular formula is C31H36N10O2. The average Bonchev–Trinajstić information content (AvgIpc) is 3.53. The molecule has 1 fully saturated rings. The largest absolute Gasteiger partial charge is 0.460 e. The number of aryl methyl sites for hydroxylation is 5. The van der Waals surface area contributed by atoms with Gasteiger partial charge in [-0.25, -0.2) is 19.9 Å². The summed E-state index contributed by atoms with van der Waals surface area (Å²) in [6, 6.07) is 10.2. The Labute approximate surface area is 249 Å². The molecule has 1 aromatic carbocycles. The van der Waals surface area contributed by atoms with Crippen molar-refractivity contribution < 1.29 is 9.53 Å². The zero-order chi connectivity index (χ0) is 30.1. The highest BCUT2D eigenvalue weighted by Crippen LogP contribution is 2.33. The highest BCUT2D eigenvalue weighted by molar-refractivity contribution is 6.06. The van der Waals surface area contributed by atoms with E-state index in [9.17, 15) is 4.79 Å². The summed E-state index contributed by atoms with van der Waals surface area (Å²) >= 11 is 0. The summed E-state index contributed by atoms with van der Waals surface area (Å²) in [4.78, 5) is 36.6. The Kier molecular flexibility index (Phi) is 7.76. The molecule has 1 aliphatic heterocycles. The maximum absolute atomic E-state index is 13.1. The molecule has 6 rings (SSSR count). The number of amides is 1. The van der Waals surface area contributed by atoms with E-state index >= 15 is 0 Å². The Bertz CT molecular complexity index is 1750. The summed E-state index contributed by atoms with van der Waals surface area (Å²) in [6.45, 7) is 9.69. The first-order valence-corrected chi connectivity index (χ1v) is 14.4. The third-order valence-electron chi connectivity index (χ3n) is 7.71. The number of aromatic nitrogens is 7. The van der Waals surface area contributed by atoms with Crippen molar-refractivity contribution in [1.29, 1.82) is 0 Å². The zero-order valence-corrected chi connectivity index (χ0v) is 25.1. The number of aromatic amines is 1. The highest BCUT2D eigenvalue weighted by atomic mass is 16.5. The van der Waals surface area contributed by atoms with Crippen molar-refractivity contribution in [2.24, 2.45) is 7.05 Å². The van der Waals surface area contributed by atoms with E-state index in [4.69, 9.17) is 9.72 Å². The number of likely N-dealkylation sites (tertiary alicyclic amines) is 1. The first-order chi connectivity index (χ1) is 20.7. The van der Waals surface area contributed by atoms with Crippen molar-refractivity contribution in [3.8, 4) is 17.3 Å². The molecule has 1 saturated heterocycles. The van der Waals surface area contributed by atoms with Crippen LogP contribution < -0.4 is 15.4 Å². The predicted molar refractivity (Wildman–Crippen MR) is 166 cm³/mol. The van der Waals surface area contributed by atoms with Gasteiger partial charge in [0, 0.05) is 66.6 Å². The lowest BCUT2D eigenvalue weighted by Crippen LogP contribution is -2.42. The fourth-order valence-corrected chi connectivity index (χ4v) is 5.44. The van der Waals surface area contributed by atoms with Gasteiger partial charge in [-0.15, -0.1) is 0 Å². The molecule has 5 heterocycles. The van der Waals surface area contributed by atoms with E-state index in [0.717, 1.165) is 76.4 Å². The van der Waals surface area contributed by atoms with Gasteiger partial charge in [0.1, 0.15) is 6.10 Å². The number of benzene rings is 1. The number of hydrogen-bond donors (Lipinski definition) is 3. The monoisotopic (exact) mass is 580 g/mol. The minimum Gasteiger partial charge on any atom is -0.460 e. The number of hydrogen-bond acceptors (Lipinski definition) is 9. The molecule has 3 N–H and O–H groups in total. The number of rotatable bonds is 8. The van der Waals surface area contributed by atoms with Crippen LogP contribution in [0, 0.1) is 27.7 Å². The van der Waals surface area contributed by atoms with Crippen LogP contribution in [-0.4, -0.2) is 71.2 Å². The number of ether oxygens (including phenoxy) is 1. The van der Waals surface area contributed by atoms with Crippen molar-refractivity contribution in [3.63, 3.8) is 0 Å². The fourth-order valence-electron chi connectivity index (χ4n) is 5.44. The third kappa shape index (κ3) is 6.33. The van der Waals surface area contributed by atoms with E-state index in [0.29, 0.717) is 24.3 Å². The van der Waals surface area contributed by atoms with Gasteiger partial charge in [0.25, 0.3) is 0 Å². The lowest BCUT2D eigenvalue weighted by atomic mass is 10.1. The Balaban J connectivity index is 1.11. The summed E-state index contributed by atoms with van der Waals surface area (Å²) in [5.41, 5.74) is 7.07. The maximum atomic E-state index is 13.1. The van der Waals surface area contributed by atoms with Gasteiger partial charge >= 0.3 is 6.01 Å². The van der Waals surface area contributed by atoms with Gasteiger partial charge in [0.2, 0.25) is 11.9 Å². The minimum atomic E-state index is -0.0592. The van der Waals surface area contributed by atoms with Crippen LogP contribution in [-0.2, 0) is 11.8 Å². The van der Waals surface area contributed by atoms with Crippen molar-refractivity contribution >= 4 is 34.3 Å². The van der Waals surface area contributed by atoms with Gasteiger partial charge < -0.3 is 20.4 Å². The number of carbonyl (C=O) groups is 1. The van der Waals surface area contributed by atoms with Crippen LogP contribution in [0.2, 0.25) is 0 Å². The normalized spacial score (nSPS) is 14.3. The van der Waals surface area contributed by atoms with Crippen molar-refractivity contribution in [3.05, 3.63) is 65.4 Å². The molecule has 222 valence electrons. The summed E-state index contributed by atoms with van der Waals surface area (Å²) < 4.78 is 7.83. The molecule has 12 nitrogen and oxygen atoms in total. The highest BCUT2D eigenvalue weighted by Gasteiger charge is 2.23. The molecule has 1 amide bonds. The zero-order valence-electron chi connectivity index (χ0n) is 25.1. The second-order valence-corrected chi connectivity index (χ2v) is 11.2. The molecule has 12 heteroatoms. The number of nitrogens with zero attached hydrogens (tertiary/aromatic N) is 7. The molecule has 0 radical (unpaired) electrons. The maximum Gasteiger partial charge on any atom is 0.317 e. The molecule has 0 aliphatic carbocycles. The van der Waals surface area contributed by atoms with Crippen LogP contribution in [0.25, 0.3) is 22.2 Å². The van der Waals surface area contributed by atoms with Gasteiger partial charge in [-0.2, -0.15) is 5.10 Å². The quantitative estimate of drug-likeness (QED) is 0.240. The van der Waals surface area contributed by atoms with Crippen molar-refractivity contribution in [2.75, 3.05) is 30.3 Å². The second kappa shape index (κ2) is 11.8. The average molecular weight is 581 g/mol. The van der Waals surface area contributed by atoms with Crippen molar-refractivity contribution in [1.82, 2.24) is 39.6 Å². The molecule has 0 saturated carbocycles. The number of piperidine rings is 1. The van der Waals surface area contributed by atoms with Crippen LogP contribution in [0.1, 0.15) is 35.5 Å². The molecule has 0 spiro atoms.